The maximum Gasteiger partial charge on any atom is 0.181 e. The summed E-state index contributed by atoms with van der Waals surface area (Å²) in [5, 5.41) is 1.24. The first kappa shape index (κ1) is 12.2. The molecule has 4 nitrogen and oxygen atoms in total. The number of hydrogen-bond donors (Lipinski definition) is 1. The second-order valence-corrected chi connectivity index (χ2v) is 5.57. The molecule has 0 fully saturated rings. The molecule has 19 heavy (non-hydrogen) atoms. The first-order valence-electron chi connectivity index (χ1n) is 5.65. The third-order valence-electron chi connectivity index (χ3n) is 2.78. The second-order valence-electron chi connectivity index (χ2n) is 4.10. The van der Waals surface area contributed by atoms with E-state index >= 15 is 0 Å². The number of nitrogen functional groups attached to an aromatic ring is 1. The average Bonchev–Trinajstić information content (AvgIpc) is 2.96. The van der Waals surface area contributed by atoms with Crippen LogP contribution in [-0.2, 0) is 7.05 Å². The molecule has 0 spiro atoms. The van der Waals surface area contributed by atoms with Crippen LogP contribution in [0.2, 0.25) is 5.02 Å². The molecule has 1 aromatic carbocycles. The number of benzene rings is 1. The molecule has 0 atom stereocenters. The fourth-order valence-corrected chi connectivity index (χ4v) is 2.84. The minimum atomic E-state index is 0.531. The summed E-state index contributed by atoms with van der Waals surface area (Å²) in [6.45, 7) is 0. The zero-order valence-corrected chi connectivity index (χ0v) is 11.7. The van der Waals surface area contributed by atoms with Crippen LogP contribution in [-0.4, -0.2) is 14.5 Å². The number of thiazole rings is 1. The van der Waals surface area contributed by atoms with Crippen molar-refractivity contribution in [3.05, 3.63) is 41.7 Å². The molecule has 2 N–H and O–H groups in total. The third-order valence-corrected chi connectivity index (χ3v) is 3.97. The highest BCUT2D eigenvalue weighted by atomic mass is 35.5. The molecule has 2 heterocycles. The summed E-state index contributed by atoms with van der Waals surface area (Å²) < 4.78 is 1.92. The predicted molar refractivity (Wildman–Crippen MR) is 79.2 cm³/mol. The monoisotopic (exact) mass is 290 g/mol. The fraction of sp³-hybridized carbons (Fsp3) is 0.0769. The van der Waals surface area contributed by atoms with E-state index in [0.29, 0.717) is 10.2 Å². The van der Waals surface area contributed by atoms with Crippen molar-refractivity contribution in [2.45, 2.75) is 0 Å². The lowest BCUT2D eigenvalue weighted by molar-refractivity contribution is 0.920. The van der Waals surface area contributed by atoms with Gasteiger partial charge in [-0.2, -0.15) is 0 Å². The van der Waals surface area contributed by atoms with Crippen molar-refractivity contribution >= 4 is 28.1 Å². The average molecular weight is 291 g/mol. The molecule has 0 saturated carbocycles. The molecule has 3 rings (SSSR count). The topological polar surface area (TPSA) is 56.7 Å². The van der Waals surface area contributed by atoms with Crippen LogP contribution in [0.15, 0.2) is 36.7 Å². The van der Waals surface area contributed by atoms with Gasteiger partial charge in [0, 0.05) is 24.5 Å². The van der Waals surface area contributed by atoms with Gasteiger partial charge >= 0.3 is 0 Å². The zero-order chi connectivity index (χ0) is 13.4. The Labute approximate surface area is 119 Å². The molecule has 0 aliphatic rings. The summed E-state index contributed by atoms with van der Waals surface area (Å²) >= 11 is 7.37. The normalized spacial score (nSPS) is 10.8. The van der Waals surface area contributed by atoms with Crippen LogP contribution in [0.3, 0.4) is 0 Å². The van der Waals surface area contributed by atoms with Gasteiger partial charge in [0.2, 0.25) is 0 Å². The van der Waals surface area contributed by atoms with Gasteiger partial charge in [-0.05, 0) is 17.7 Å². The number of nitrogens with zero attached hydrogens (tertiary/aromatic N) is 3. The van der Waals surface area contributed by atoms with E-state index in [1.165, 1.54) is 11.3 Å². The van der Waals surface area contributed by atoms with Crippen molar-refractivity contribution in [3.63, 3.8) is 0 Å². The summed E-state index contributed by atoms with van der Waals surface area (Å²) in [6, 6.07) is 7.63. The molecule has 0 saturated heterocycles. The Morgan fingerprint density at radius 2 is 2.00 bits per heavy atom. The molecule has 3 aromatic rings. The third kappa shape index (κ3) is 2.22. The highest BCUT2D eigenvalue weighted by Crippen LogP contribution is 2.37. The standard InChI is InChI=1S/C13H11ClN4S/c1-18-7-6-16-12(18)10-11(19-13(15)17-10)8-2-4-9(14)5-3-8/h2-7H,1H3,(H2,15,17). The van der Waals surface area contributed by atoms with E-state index in [1.54, 1.807) is 6.20 Å². The Kier molecular flexibility index (Phi) is 3.00. The van der Waals surface area contributed by atoms with Crippen molar-refractivity contribution in [2.24, 2.45) is 7.05 Å². The Bertz CT molecular complexity index is 715. The minimum absolute atomic E-state index is 0.531. The number of imidazole rings is 1. The Balaban J connectivity index is 2.17. The molecule has 0 bridgehead atoms. The number of hydrogen-bond acceptors (Lipinski definition) is 4. The van der Waals surface area contributed by atoms with Gasteiger partial charge in [0.05, 0.1) is 4.88 Å². The first-order valence-corrected chi connectivity index (χ1v) is 6.84. The van der Waals surface area contributed by atoms with Gasteiger partial charge in [-0.25, -0.2) is 9.97 Å². The number of rotatable bonds is 2. The van der Waals surface area contributed by atoms with Gasteiger partial charge in [0.15, 0.2) is 11.0 Å². The molecule has 0 radical (unpaired) electrons. The van der Waals surface area contributed by atoms with Gasteiger partial charge in [-0.3, -0.25) is 0 Å². The molecule has 0 aliphatic heterocycles. The van der Waals surface area contributed by atoms with E-state index in [0.717, 1.165) is 22.0 Å². The summed E-state index contributed by atoms with van der Waals surface area (Å²) in [6.07, 6.45) is 3.63. The number of halogens is 1. The molecule has 6 heteroatoms. The predicted octanol–water partition coefficient (Wildman–Crippen LogP) is 3.45. The van der Waals surface area contributed by atoms with Crippen molar-refractivity contribution in [3.8, 4) is 22.0 Å². The molecule has 96 valence electrons. The van der Waals surface area contributed by atoms with Crippen LogP contribution in [0.25, 0.3) is 22.0 Å². The molecule has 0 unspecified atom stereocenters. The molecule has 0 amide bonds. The van der Waals surface area contributed by atoms with Crippen molar-refractivity contribution in [1.29, 1.82) is 0 Å². The zero-order valence-electron chi connectivity index (χ0n) is 10.2. The lowest BCUT2D eigenvalue weighted by Crippen LogP contribution is -1.93. The van der Waals surface area contributed by atoms with E-state index < -0.39 is 0 Å². The van der Waals surface area contributed by atoms with Crippen LogP contribution in [0.1, 0.15) is 0 Å². The number of anilines is 1. The van der Waals surface area contributed by atoms with Gasteiger partial charge in [-0.15, -0.1) is 0 Å². The van der Waals surface area contributed by atoms with Crippen LogP contribution in [0.4, 0.5) is 5.13 Å². The number of nitrogens with two attached hydrogens (primary N) is 1. The smallest absolute Gasteiger partial charge is 0.181 e. The second kappa shape index (κ2) is 4.68. The van der Waals surface area contributed by atoms with Crippen LogP contribution < -0.4 is 5.73 Å². The fourth-order valence-electron chi connectivity index (χ4n) is 1.88. The summed E-state index contributed by atoms with van der Waals surface area (Å²) in [5.74, 6) is 0.804. The SMILES string of the molecule is Cn1ccnc1-c1nc(N)sc1-c1ccc(Cl)cc1. The highest BCUT2D eigenvalue weighted by Gasteiger charge is 2.16. The van der Waals surface area contributed by atoms with E-state index in [1.807, 2.05) is 42.1 Å². The molecule has 0 aliphatic carbocycles. The Hall–Kier alpha value is -1.85. The molecular formula is C13H11ClN4S. The van der Waals surface area contributed by atoms with E-state index in [2.05, 4.69) is 9.97 Å². The first-order chi connectivity index (χ1) is 9.15. The van der Waals surface area contributed by atoms with Gasteiger partial charge in [0.25, 0.3) is 0 Å². The van der Waals surface area contributed by atoms with E-state index in [9.17, 15) is 0 Å². The van der Waals surface area contributed by atoms with Gasteiger partial charge < -0.3 is 10.3 Å². The summed E-state index contributed by atoms with van der Waals surface area (Å²) in [4.78, 5) is 9.72. The van der Waals surface area contributed by atoms with Gasteiger partial charge in [-0.1, -0.05) is 35.1 Å². The Morgan fingerprint density at radius 1 is 1.26 bits per heavy atom. The molecular weight excluding hydrogens is 280 g/mol. The van der Waals surface area contributed by atoms with Crippen LogP contribution in [0.5, 0.6) is 0 Å². The van der Waals surface area contributed by atoms with Crippen LogP contribution >= 0.6 is 22.9 Å². The summed E-state index contributed by atoms with van der Waals surface area (Å²) in [7, 11) is 1.93. The summed E-state index contributed by atoms with van der Waals surface area (Å²) in [5.41, 5.74) is 7.69. The van der Waals surface area contributed by atoms with E-state index in [-0.39, 0.29) is 0 Å². The highest BCUT2D eigenvalue weighted by molar-refractivity contribution is 7.19. The maximum atomic E-state index is 5.92. The Morgan fingerprint density at radius 3 is 2.63 bits per heavy atom. The number of aromatic nitrogens is 3. The maximum absolute atomic E-state index is 5.92. The quantitative estimate of drug-likeness (QED) is 0.786. The molecule has 2 aromatic heterocycles. The number of aryl methyl sites for hydroxylation is 1. The van der Waals surface area contributed by atoms with E-state index in [4.69, 9.17) is 17.3 Å². The van der Waals surface area contributed by atoms with Crippen molar-refractivity contribution in [1.82, 2.24) is 14.5 Å². The lowest BCUT2D eigenvalue weighted by atomic mass is 10.1. The van der Waals surface area contributed by atoms with Crippen molar-refractivity contribution < 1.29 is 0 Å². The minimum Gasteiger partial charge on any atom is -0.375 e. The largest absolute Gasteiger partial charge is 0.375 e. The van der Waals surface area contributed by atoms with Crippen LogP contribution in [0, 0.1) is 0 Å². The van der Waals surface area contributed by atoms with Gasteiger partial charge in [0.1, 0.15) is 5.69 Å². The lowest BCUT2D eigenvalue weighted by Gasteiger charge is -2.03. The van der Waals surface area contributed by atoms with Crippen molar-refractivity contribution in [2.75, 3.05) is 5.73 Å².